The number of likely N-dealkylation sites (tertiary alicyclic amines) is 1. The van der Waals surface area contributed by atoms with Crippen molar-refractivity contribution < 1.29 is 13.7 Å². The molecule has 1 atom stereocenters. The van der Waals surface area contributed by atoms with Crippen molar-refractivity contribution in [2.45, 2.75) is 52.0 Å². The summed E-state index contributed by atoms with van der Waals surface area (Å²) in [4.78, 5) is 18.9. The Morgan fingerprint density at radius 2 is 2.27 bits per heavy atom. The summed E-state index contributed by atoms with van der Waals surface area (Å²) in [7, 11) is 0. The summed E-state index contributed by atoms with van der Waals surface area (Å²) in [6.45, 7) is 4.60. The zero-order valence-electron chi connectivity index (χ0n) is 13.0. The second-order valence-corrected chi connectivity index (χ2v) is 5.72. The lowest BCUT2D eigenvalue weighted by molar-refractivity contribution is 0.0528. The quantitative estimate of drug-likeness (QED) is 0.866. The second-order valence-electron chi connectivity index (χ2n) is 5.72. The number of rotatable bonds is 4. The van der Waals surface area contributed by atoms with Crippen molar-refractivity contribution in [1.29, 1.82) is 0 Å². The molecule has 1 aliphatic rings. The number of carbonyl (C=O) groups excluding carboxylic acids is 1. The molecule has 6 heteroatoms. The Balaban J connectivity index is 1.82. The first kappa shape index (κ1) is 14.8. The second kappa shape index (κ2) is 6.34. The third-order valence-electron chi connectivity index (χ3n) is 3.96. The zero-order valence-corrected chi connectivity index (χ0v) is 13.0. The SMILES string of the molecule is CCCc1noc([C@H]2CCCCN2C(=O)c2ccc(C)o2)n1. The number of hydrogen-bond acceptors (Lipinski definition) is 5. The molecule has 3 rings (SSSR count). The van der Waals surface area contributed by atoms with E-state index in [-0.39, 0.29) is 11.9 Å². The van der Waals surface area contributed by atoms with Crippen molar-refractivity contribution in [3.05, 3.63) is 35.4 Å². The molecule has 2 aromatic heterocycles. The number of piperidine rings is 1. The first-order chi connectivity index (χ1) is 10.7. The van der Waals surface area contributed by atoms with E-state index in [1.165, 1.54) is 0 Å². The van der Waals surface area contributed by atoms with Crippen LogP contribution in [-0.2, 0) is 6.42 Å². The molecule has 0 aromatic carbocycles. The van der Waals surface area contributed by atoms with Gasteiger partial charge in [-0.25, -0.2) is 0 Å². The molecule has 118 valence electrons. The van der Waals surface area contributed by atoms with Crippen molar-refractivity contribution in [2.24, 2.45) is 0 Å². The lowest BCUT2D eigenvalue weighted by Gasteiger charge is -2.32. The van der Waals surface area contributed by atoms with E-state index < -0.39 is 0 Å². The van der Waals surface area contributed by atoms with Crippen LogP contribution in [0, 0.1) is 6.92 Å². The van der Waals surface area contributed by atoms with Gasteiger partial charge in [0.1, 0.15) is 11.8 Å². The van der Waals surface area contributed by atoms with Crippen LogP contribution in [0.3, 0.4) is 0 Å². The number of aryl methyl sites for hydroxylation is 2. The Kier molecular flexibility index (Phi) is 4.27. The lowest BCUT2D eigenvalue weighted by Crippen LogP contribution is -2.38. The molecular weight excluding hydrogens is 282 g/mol. The van der Waals surface area contributed by atoms with E-state index >= 15 is 0 Å². The minimum Gasteiger partial charge on any atom is -0.456 e. The van der Waals surface area contributed by atoms with Crippen LogP contribution in [0.25, 0.3) is 0 Å². The van der Waals surface area contributed by atoms with Gasteiger partial charge in [-0.3, -0.25) is 4.79 Å². The maximum absolute atomic E-state index is 12.7. The maximum atomic E-state index is 12.7. The monoisotopic (exact) mass is 303 g/mol. The Bertz CT molecular complexity index is 647. The normalized spacial score (nSPS) is 18.6. The number of nitrogens with zero attached hydrogens (tertiary/aromatic N) is 3. The highest BCUT2D eigenvalue weighted by Crippen LogP contribution is 2.31. The molecule has 0 aliphatic carbocycles. The van der Waals surface area contributed by atoms with Crippen LogP contribution in [0.4, 0.5) is 0 Å². The summed E-state index contributed by atoms with van der Waals surface area (Å²) in [6.07, 6.45) is 4.65. The van der Waals surface area contributed by atoms with Crippen LogP contribution in [0.5, 0.6) is 0 Å². The summed E-state index contributed by atoms with van der Waals surface area (Å²) in [5.41, 5.74) is 0. The van der Waals surface area contributed by atoms with Gasteiger partial charge in [0.25, 0.3) is 5.91 Å². The zero-order chi connectivity index (χ0) is 15.5. The minimum atomic E-state index is -0.148. The van der Waals surface area contributed by atoms with E-state index in [1.54, 1.807) is 17.0 Å². The average molecular weight is 303 g/mol. The average Bonchev–Trinajstić information content (AvgIpc) is 3.16. The van der Waals surface area contributed by atoms with Gasteiger partial charge in [-0.05, 0) is 44.7 Å². The Labute approximate surface area is 129 Å². The van der Waals surface area contributed by atoms with Crippen molar-refractivity contribution in [3.8, 4) is 0 Å². The Hall–Kier alpha value is -2.11. The van der Waals surface area contributed by atoms with Crippen LogP contribution in [-0.4, -0.2) is 27.5 Å². The third kappa shape index (κ3) is 2.91. The number of aromatic nitrogens is 2. The summed E-state index contributed by atoms with van der Waals surface area (Å²) in [5, 5.41) is 4.00. The smallest absolute Gasteiger partial charge is 0.290 e. The van der Waals surface area contributed by atoms with Gasteiger partial charge in [-0.15, -0.1) is 0 Å². The molecule has 6 nitrogen and oxygen atoms in total. The van der Waals surface area contributed by atoms with Crippen molar-refractivity contribution >= 4 is 5.91 Å². The van der Waals surface area contributed by atoms with Crippen LogP contribution in [0.2, 0.25) is 0 Å². The topological polar surface area (TPSA) is 72.4 Å². The van der Waals surface area contributed by atoms with E-state index in [2.05, 4.69) is 17.1 Å². The maximum Gasteiger partial charge on any atom is 0.290 e. The number of furan rings is 1. The molecule has 1 aliphatic heterocycles. The molecule has 0 saturated carbocycles. The molecule has 1 amide bonds. The van der Waals surface area contributed by atoms with Crippen LogP contribution >= 0.6 is 0 Å². The summed E-state index contributed by atoms with van der Waals surface area (Å²) in [6, 6.07) is 3.38. The van der Waals surface area contributed by atoms with Crippen molar-refractivity contribution in [3.63, 3.8) is 0 Å². The summed E-state index contributed by atoms with van der Waals surface area (Å²) >= 11 is 0. The molecule has 0 N–H and O–H groups in total. The highest BCUT2D eigenvalue weighted by atomic mass is 16.5. The molecule has 1 saturated heterocycles. The number of hydrogen-bond donors (Lipinski definition) is 0. The predicted octanol–water partition coefficient (Wildman–Crippen LogP) is 3.29. The third-order valence-corrected chi connectivity index (χ3v) is 3.96. The van der Waals surface area contributed by atoms with Gasteiger partial charge < -0.3 is 13.8 Å². The van der Waals surface area contributed by atoms with Gasteiger partial charge in [0.05, 0.1) is 0 Å². The van der Waals surface area contributed by atoms with E-state index in [0.717, 1.165) is 37.9 Å². The standard InChI is InChI=1S/C16H21N3O3/c1-3-6-14-17-15(22-18-14)12-7-4-5-10-19(12)16(20)13-9-8-11(2)21-13/h8-9,12H,3-7,10H2,1-2H3/t12-/m1/s1. The highest BCUT2D eigenvalue weighted by Gasteiger charge is 2.33. The molecule has 3 heterocycles. The predicted molar refractivity (Wildman–Crippen MR) is 79.4 cm³/mol. The van der Waals surface area contributed by atoms with Crippen molar-refractivity contribution in [1.82, 2.24) is 15.0 Å². The summed E-state index contributed by atoms with van der Waals surface area (Å²) < 4.78 is 10.9. The fourth-order valence-corrected chi connectivity index (χ4v) is 2.85. The van der Waals surface area contributed by atoms with Gasteiger partial charge >= 0.3 is 0 Å². The molecule has 2 aromatic rings. The molecule has 0 spiro atoms. The Morgan fingerprint density at radius 1 is 1.41 bits per heavy atom. The Morgan fingerprint density at radius 3 is 3.00 bits per heavy atom. The van der Waals surface area contributed by atoms with Crippen molar-refractivity contribution in [2.75, 3.05) is 6.54 Å². The van der Waals surface area contributed by atoms with Crippen LogP contribution in [0.15, 0.2) is 21.1 Å². The van der Waals surface area contributed by atoms with E-state index in [0.29, 0.717) is 24.0 Å². The molecular formula is C16H21N3O3. The van der Waals surface area contributed by atoms with E-state index in [1.807, 2.05) is 6.92 Å². The molecule has 22 heavy (non-hydrogen) atoms. The van der Waals surface area contributed by atoms with Gasteiger partial charge in [0, 0.05) is 13.0 Å². The van der Waals surface area contributed by atoms with Crippen LogP contribution in [0.1, 0.15) is 66.7 Å². The highest BCUT2D eigenvalue weighted by molar-refractivity contribution is 5.91. The van der Waals surface area contributed by atoms with Gasteiger partial charge in [-0.1, -0.05) is 12.1 Å². The number of amides is 1. The fraction of sp³-hybridized carbons (Fsp3) is 0.562. The largest absolute Gasteiger partial charge is 0.456 e. The van der Waals surface area contributed by atoms with Gasteiger partial charge in [0.15, 0.2) is 11.6 Å². The molecule has 0 bridgehead atoms. The fourth-order valence-electron chi connectivity index (χ4n) is 2.85. The molecule has 0 unspecified atom stereocenters. The first-order valence-electron chi connectivity index (χ1n) is 7.89. The molecule has 1 fully saturated rings. The van der Waals surface area contributed by atoms with E-state index in [9.17, 15) is 4.79 Å². The lowest BCUT2D eigenvalue weighted by atomic mass is 10.0. The minimum absolute atomic E-state index is 0.104. The van der Waals surface area contributed by atoms with Crippen LogP contribution < -0.4 is 0 Å². The first-order valence-corrected chi connectivity index (χ1v) is 7.89. The molecule has 0 radical (unpaired) electrons. The summed E-state index contributed by atoms with van der Waals surface area (Å²) in [5.74, 6) is 2.26. The van der Waals surface area contributed by atoms with Gasteiger partial charge in [-0.2, -0.15) is 4.98 Å². The number of carbonyl (C=O) groups is 1. The van der Waals surface area contributed by atoms with E-state index in [4.69, 9.17) is 8.94 Å². The van der Waals surface area contributed by atoms with Gasteiger partial charge in [0.2, 0.25) is 5.89 Å².